The van der Waals surface area contributed by atoms with Crippen LogP contribution in [-0.2, 0) is 4.74 Å². The Bertz CT molecular complexity index is 366. The van der Waals surface area contributed by atoms with Crippen molar-refractivity contribution in [1.29, 1.82) is 0 Å². The maximum Gasteiger partial charge on any atom is 0.410 e. The molecule has 0 bridgehead atoms. The maximum absolute atomic E-state index is 12.2. The molecule has 1 aliphatic heterocycles. The lowest BCUT2D eigenvalue weighted by atomic mass is 9.67. The summed E-state index contributed by atoms with van der Waals surface area (Å²) in [5, 5.41) is 3.78. The second kappa shape index (κ2) is 7.20. The van der Waals surface area contributed by atoms with E-state index in [0.29, 0.717) is 11.5 Å². The first-order chi connectivity index (χ1) is 10.3. The van der Waals surface area contributed by atoms with Gasteiger partial charge in [0.25, 0.3) is 0 Å². The van der Waals surface area contributed by atoms with Crippen molar-refractivity contribution in [3.05, 3.63) is 0 Å². The van der Waals surface area contributed by atoms with E-state index >= 15 is 0 Å². The second-order valence-electron chi connectivity index (χ2n) is 8.18. The Morgan fingerprint density at radius 2 is 1.95 bits per heavy atom. The summed E-state index contributed by atoms with van der Waals surface area (Å²) >= 11 is 0. The SMILES string of the molecule is CCC1(CNC2CCCN(C(=O)OC(C)(C)C)CC2)CCC1. The molecule has 4 nitrogen and oxygen atoms in total. The molecule has 0 aromatic heterocycles. The molecule has 1 unspecified atom stereocenters. The summed E-state index contributed by atoms with van der Waals surface area (Å²) in [5.74, 6) is 0. The Labute approximate surface area is 136 Å². The van der Waals surface area contributed by atoms with Gasteiger partial charge >= 0.3 is 6.09 Å². The van der Waals surface area contributed by atoms with Crippen LogP contribution in [0.4, 0.5) is 4.79 Å². The van der Waals surface area contributed by atoms with Crippen molar-refractivity contribution < 1.29 is 9.53 Å². The molecular weight excluding hydrogens is 276 g/mol. The van der Waals surface area contributed by atoms with Gasteiger partial charge in [0.05, 0.1) is 0 Å². The van der Waals surface area contributed by atoms with Crippen molar-refractivity contribution in [2.45, 2.75) is 84.3 Å². The van der Waals surface area contributed by atoms with Crippen molar-refractivity contribution in [3.8, 4) is 0 Å². The molecule has 0 aromatic carbocycles. The first-order valence-electron chi connectivity index (χ1n) is 9.05. The molecule has 128 valence electrons. The lowest BCUT2D eigenvalue weighted by molar-refractivity contribution is 0.0255. The fourth-order valence-electron chi connectivity index (χ4n) is 3.50. The van der Waals surface area contributed by atoms with Gasteiger partial charge in [-0.2, -0.15) is 0 Å². The predicted octanol–water partition coefficient (Wildman–Crippen LogP) is 3.95. The number of hydrogen-bond donors (Lipinski definition) is 1. The lowest BCUT2D eigenvalue weighted by Crippen LogP contribution is -2.44. The Morgan fingerprint density at radius 3 is 2.50 bits per heavy atom. The number of carbonyl (C=O) groups is 1. The second-order valence-corrected chi connectivity index (χ2v) is 8.18. The minimum atomic E-state index is -0.404. The number of rotatable bonds is 4. The van der Waals surface area contributed by atoms with Gasteiger partial charge in [-0.15, -0.1) is 0 Å². The monoisotopic (exact) mass is 310 g/mol. The van der Waals surface area contributed by atoms with E-state index in [-0.39, 0.29) is 6.09 Å². The zero-order valence-electron chi connectivity index (χ0n) is 14.9. The summed E-state index contributed by atoms with van der Waals surface area (Å²) in [6.07, 6.45) is 8.56. The Hall–Kier alpha value is -0.770. The molecule has 1 N–H and O–H groups in total. The minimum Gasteiger partial charge on any atom is -0.444 e. The number of hydrogen-bond acceptors (Lipinski definition) is 3. The fraction of sp³-hybridized carbons (Fsp3) is 0.944. The van der Waals surface area contributed by atoms with Crippen molar-refractivity contribution >= 4 is 6.09 Å². The number of carbonyl (C=O) groups excluding carboxylic acids is 1. The van der Waals surface area contributed by atoms with Crippen LogP contribution in [0.25, 0.3) is 0 Å². The Morgan fingerprint density at radius 1 is 1.23 bits per heavy atom. The highest BCUT2D eigenvalue weighted by molar-refractivity contribution is 5.68. The molecule has 2 rings (SSSR count). The molecule has 0 spiro atoms. The molecular formula is C18H34N2O2. The van der Waals surface area contributed by atoms with E-state index in [9.17, 15) is 4.79 Å². The zero-order valence-corrected chi connectivity index (χ0v) is 14.9. The van der Waals surface area contributed by atoms with E-state index in [4.69, 9.17) is 4.74 Å². The van der Waals surface area contributed by atoms with Gasteiger partial charge in [-0.3, -0.25) is 0 Å². The quantitative estimate of drug-likeness (QED) is 0.855. The molecule has 1 saturated carbocycles. The highest BCUT2D eigenvalue weighted by Crippen LogP contribution is 2.43. The lowest BCUT2D eigenvalue weighted by Gasteiger charge is -2.42. The molecule has 4 heteroatoms. The number of nitrogens with zero attached hydrogens (tertiary/aromatic N) is 1. The molecule has 1 aliphatic carbocycles. The normalized spacial score (nSPS) is 25.3. The van der Waals surface area contributed by atoms with Gasteiger partial charge in [0.1, 0.15) is 5.60 Å². The third-order valence-corrected chi connectivity index (χ3v) is 5.31. The van der Waals surface area contributed by atoms with E-state index in [0.717, 1.165) is 32.5 Å². The molecule has 1 atom stereocenters. The Kier molecular flexibility index (Phi) is 5.76. The van der Waals surface area contributed by atoms with Crippen molar-refractivity contribution in [2.24, 2.45) is 5.41 Å². The van der Waals surface area contributed by atoms with E-state index in [2.05, 4.69) is 12.2 Å². The molecule has 0 aromatic rings. The topological polar surface area (TPSA) is 41.6 Å². The van der Waals surface area contributed by atoms with Crippen LogP contribution in [-0.4, -0.2) is 42.3 Å². The van der Waals surface area contributed by atoms with E-state index in [1.54, 1.807) is 0 Å². The minimum absolute atomic E-state index is 0.155. The van der Waals surface area contributed by atoms with E-state index < -0.39 is 5.60 Å². The van der Waals surface area contributed by atoms with Crippen molar-refractivity contribution in [2.75, 3.05) is 19.6 Å². The predicted molar refractivity (Wildman–Crippen MR) is 90.0 cm³/mol. The van der Waals surface area contributed by atoms with Crippen molar-refractivity contribution in [3.63, 3.8) is 0 Å². The van der Waals surface area contributed by atoms with Gasteiger partial charge < -0.3 is 15.0 Å². The van der Waals surface area contributed by atoms with Crippen LogP contribution in [0.3, 0.4) is 0 Å². The van der Waals surface area contributed by atoms with Gasteiger partial charge in [-0.1, -0.05) is 13.3 Å². The first-order valence-corrected chi connectivity index (χ1v) is 9.05. The molecule has 1 heterocycles. The summed E-state index contributed by atoms with van der Waals surface area (Å²) in [7, 11) is 0. The van der Waals surface area contributed by atoms with E-state index in [1.165, 1.54) is 32.1 Å². The van der Waals surface area contributed by atoms with E-state index in [1.807, 2.05) is 25.7 Å². The van der Waals surface area contributed by atoms with Gasteiger partial charge in [0, 0.05) is 25.7 Å². The van der Waals surface area contributed by atoms with Gasteiger partial charge in [-0.25, -0.2) is 4.79 Å². The standard InChI is InChI=1S/C18H34N2O2/c1-5-18(10-7-11-18)14-19-15-8-6-12-20(13-9-15)16(21)22-17(2,3)4/h15,19H,5-14H2,1-4H3. The van der Waals surface area contributed by atoms with Crippen LogP contribution in [0.5, 0.6) is 0 Å². The molecule has 2 fully saturated rings. The fourth-order valence-corrected chi connectivity index (χ4v) is 3.50. The average molecular weight is 310 g/mol. The molecule has 2 aliphatic rings. The van der Waals surface area contributed by atoms with Crippen LogP contribution in [0.1, 0.15) is 72.6 Å². The summed E-state index contributed by atoms with van der Waals surface area (Å²) in [6.45, 7) is 10.9. The third-order valence-electron chi connectivity index (χ3n) is 5.31. The number of likely N-dealkylation sites (tertiary alicyclic amines) is 1. The van der Waals surface area contributed by atoms with Crippen LogP contribution in [0.15, 0.2) is 0 Å². The summed E-state index contributed by atoms with van der Waals surface area (Å²) in [6, 6.07) is 0.552. The summed E-state index contributed by atoms with van der Waals surface area (Å²) in [4.78, 5) is 14.1. The largest absolute Gasteiger partial charge is 0.444 e. The molecule has 0 radical (unpaired) electrons. The zero-order chi connectivity index (χ0) is 16.2. The third kappa shape index (κ3) is 4.87. The van der Waals surface area contributed by atoms with Gasteiger partial charge in [-0.05, 0) is 64.7 Å². The molecule has 1 amide bonds. The van der Waals surface area contributed by atoms with Gasteiger partial charge in [0.2, 0.25) is 0 Å². The first kappa shape index (κ1) is 17.6. The Balaban J connectivity index is 1.76. The molecule has 22 heavy (non-hydrogen) atoms. The van der Waals surface area contributed by atoms with Gasteiger partial charge in [0.15, 0.2) is 0 Å². The van der Waals surface area contributed by atoms with Crippen molar-refractivity contribution in [1.82, 2.24) is 10.2 Å². The highest BCUT2D eigenvalue weighted by atomic mass is 16.6. The summed E-state index contributed by atoms with van der Waals surface area (Å²) < 4.78 is 5.49. The number of ether oxygens (including phenoxy) is 1. The van der Waals surface area contributed by atoms with Crippen LogP contribution in [0, 0.1) is 5.41 Å². The summed E-state index contributed by atoms with van der Waals surface area (Å²) in [5.41, 5.74) is 0.163. The van der Waals surface area contributed by atoms with Crippen LogP contribution in [0.2, 0.25) is 0 Å². The number of amides is 1. The number of nitrogens with one attached hydrogen (secondary N) is 1. The highest BCUT2D eigenvalue weighted by Gasteiger charge is 2.35. The smallest absolute Gasteiger partial charge is 0.410 e. The maximum atomic E-state index is 12.2. The average Bonchev–Trinajstić information content (AvgIpc) is 2.61. The molecule has 1 saturated heterocycles. The van der Waals surface area contributed by atoms with Crippen LogP contribution < -0.4 is 5.32 Å². The van der Waals surface area contributed by atoms with Crippen LogP contribution >= 0.6 is 0 Å².